The lowest BCUT2D eigenvalue weighted by Gasteiger charge is -2.14. The molecule has 1 saturated heterocycles. The minimum atomic E-state index is -0.155. The van der Waals surface area contributed by atoms with Gasteiger partial charge in [-0.2, -0.15) is 11.8 Å². The van der Waals surface area contributed by atoms with E-state index >= 15 is 0 Å². The number of aliphatic hydroxyl groups excluding tert-OH is 1. The van der Waals surface area contributed by atoms with Crippen LogP contribution < -0.4 is 0 Å². The Kier molecular flexibility index (Phi) is 3.52. The van der Waals surface area contributed by atoms with Gasteiger partial charge in [0.25, 0.3) is 0 Å². The van der Waals surface area contributed by atoms with Gasteiger partial charge in [-0.1, -0.05) is 0 Å². The van der Waals surface area contributed by atoms with Gasteiger partial charge in [-0.15, -0.1) is 0 Å². The van der Waals surface area contributed by atoms with Crippen LogP contribution >= 0.6 is 11.8 Å². The maximum Gasteiger partial charge on any atom is 0.0681 e. The van der Waals surface area contributed by atoms with Crippen molar-refractivity contribution in [1.29, 1.82) is 0 Å². The van der Waals surface area contributed by atoms with Crippen molar-refractivity contribution in [3.63, 3.8) is 0 Å². The topological polar surface area (TPSA) is 29.5 Å². The summed E-state index contributed by atoms with van der Waals surface area (Å²) in [5, 5.41) is 9.45. The Bertz CT molecular complexity index is 91.6. The van der Waals surface area contributed by atoms with Crippen LogP contribution in [0.15, 0.2) is 0 Å². The molecule has 60 valence electrons. The van der Waals surface area contributed by atoms with Gasteiger partial charge in [0.05, 0.1) is 12.7 Å². The standard InChI is InChI=1S/C7H14O2S/c1-10-5-7(8)6-2-3-9-4-6/h6-8H,2-5H2,1H3. The molecule has 1 rings (SSSR count). The normalized spacial score (nSPS) is 28.8. The SMILES string of the molecule is CSCC(O)C1CCOC1. The molecule has 0 amide bonds. The number of hydrogen-bond donors (Lipinski definition) is 1. The highest BCUT2D eigenvalue weighted by Gasteiger charge is 2.22. The van der Waals surface area contributed by atoms with Crippen molar-refractivity contribution in [1.82, 2.24) is 0 Å². The first-order chi connectivity index (χ1) is 4.84. The zero-order valence-corrected chi connectivity index (χ0v) is 7.06. The molecule has 1 heterocycles. The van der Waals surface area contributed by atoms with Crippen molar-refractivity contribution in [2.24, 2.45) is 5.92 Å². The molecular weight excluding hydrogens is 148 g/mol. The highest BCUT2D eigenvalue weighted by molar-refractivity contribution is 7.98. The highest BCUT2D eigenvalue weighted by Crippen LogP contribution is 2.18. The van der Waals surface area contributed by atoms with Crippen LogP contribution in [0.3, 0.4) is 0 Å². The molecule has 2 nitrogen and oxygen atoms in total. The predicted molar refractivity (Wildman–Crippen MR) is 43.3 cm³/mol. The summed E-state index contributed by atoms with van der Waals surface area (Å²) < 4.78 is 5.16. The maximum atomic E-state index is 9.45. The number of hydrogen-bond acceptors (Lipinski definition) is 3. The second-order valence-corrected chi connectivity index (χ2v) is 3.56. The van der Waals surface area contributed by atoms with E-state index in [4.69, 9.17) is 4.74 Å². The minimum Gasteiger partial charge on any atom is -0.392 e. The molecule has 1 N–H and O–H groups in total. The van der Waals surface area contributed by atoms with Crippen molar-refractivity contribution >= 4 is 11.8 Å². The predicted octanol–water partition coefficient (Wildman–Crippen LogP) is 0.747. The summed E-state index contributed by atoms with van der Waals surface area (Å²) in [7, 11) is 0. The Morgan fingerprint density at radius 3 is 3.10 bits per heavy atom. The Morgan fingerprint density at radius 1 is 1.80 bits per heavy atom. The van der Waals surface area contributed by atoms with E-state index in [-0.39, 0.29) is 6.10 Å². The lowest BCUT2D eigenvalue weighted by atomic mass is 10.0. The first-order valence-electron chi connectivity index (χ1n) is 3.59. The van der Waals surface area contributed by atoms with Gasteiger partial charge >= 0.3 is 0 Å². The molecule has 0 radical (unpaired) electrons. The van der Waals surface area contributed by atoms with Crippen molar-refractivity contribution in [2.75, 3.05) is 25.2 Å². The van der Waals surface area contributed by atoms with Crippen LogP contribution in [0.1, 0.15) is 6.42 Å². The summed E-state index contributed by atoms with van der Waals surface area (Å²) in [4.78, 5) is 0. The average molecular weight is 162 g/mol. The molecule has 0 aromatic rings. The van der Waals surface area contributed by atoms with Gasteiger partial charge in [-0.25, -0.2) is 0 Å². The molecule has 0 spiro atoms. The maximum absolute atomic E-state index is 9.45. The fraction of sp³-hybridized carbons (Fsp3) is 1.00. The van der Waals surface area contributed by atoms with Crippen molar-refractivity contribution in [2.45, 2.75) is 12.5 Å². The van der Waals surface area contributed by atoms with E-state index in [9.17, 15) is 5.11 Å². The zero-order valence-electron chi connectivity index (χ0n) is 6.25. The van der Waals surface area contributed by atoms with Crippen molar-refractivity contribution < 1.29 is 9.84 Å². The average Bonchev–Trinajstić information content (AvgIpc) is 2.38. The van der Waals surface area contributed by atoms with E-state index in [0.717, 1.165) is 25.4 Å². The van der Waals surface area contributed by atoms with E-state index in [2.05, 4.69) is 0 Å². The number of ether oxygens (including phenoxy) is 1. The van der Waals surface area contributed by atoms with Crippen LogP contribution in [-0.2, 0) is 4.74 Å². The molecule has 2 atom stereocenters. The number of rotatable bonds is 3. The third-order valence-electron chi connectivity index (χ3n) is 1.85. The summed E-state index contributed by atoms with van der Waals surface area (Å²) in [6.07, 6.45) is 2.89. The van der Waals surface area contributed by atoms with Crippen LogP contribution in [-0.4, -0.2) is 36.4 Å². The van der Waals surface area contributed by atoms with E-state index in [1.165, 1.54) is 0 Å². The first-order valence-corrected chi connectivity index (χ1v) is 4.98. The van der Waals surface area contributed by atoms with Crippen LogP contribution in [0, 0.1) is 5.92 Å². The largest absolute Gasteiger partial charge is 0.392 e. The molecule has 10 heavy (non-hydrogen) atoms. The third kappa shape index (κ3) is 2.15. The molecule has 0 bridgehead atoms. The van der Waals surface area contributed by atoms with Crippen LogP contribution in [0.5, 0.6) is 0 Å². The Labute approximate surface area is 66.0 Å². The summed E-state index contributed by atoms with van der Waals surface area (Å²) in [6, 6.07) is 0. The fourth-order valence-corrected chi connectivity index (χ4v) is 1.78. The van der Waals surface area contributed by atoms with Gasteiger partial charge in [0, 0.05) is 18.3 Å². The third-order valence-corrected chi connectivity index (χ3v) is 2.52. The fourth-order valence-electron chi connectivity index (χ4n) is 1.16. The summed E-state index contributed by atoms with van der Waals surface area (Å²) >= 11 is 1.69. The van der Waals surface area contributed by atoms with Crippen LogP contribution in [0.25, 0.3) is 0 Å². The minimum absolute atomic E-state index is 0.155. The zero-order chi connectivity index (χ0) is 7.40. The van der Waals surface area contributed by atoms with Crippen LogP contribution in [0.4, 0.5) is 0 Å². The molecule has 0 aliphatic carbocycles. The van der Waals surface area contributed by atoms with Gasteiger partial charge in [0.15, 0.2) is 0 Å². The first kappa shape index (κ1) is 8.37. The van der Waals surface area contributed by atoms with E-state index in [1.807, 2.05) is 6.26 Å². The molecule has 0 aromatic heterocycles. The van der Waals surface area contributed by atoms with Crippen LogP contribution in [0.2, 0.25) is 0 Å². The molecule has 2 unspecified atom stereocenters. The monoisotopic (exact) mass is 162 g/mol. The van der Waals surface area contributed by atoms with Crippen molar-refractivity contribution in [3.05, 3.63) is 0 Å². The second-order valence-electron chi connectivity index (χ2n) is 2.65. The van der Waals surface area contributed by atoms with E-state index in [1.54, 1.807) is 11.8 Å². The van der Waals surface area contributed by atoms with Gasteiger partial charge in [-0.05, 0) is 12.7 Å². The Morgan fingerprint density at radius 2 is 2.60 bits per heavy atom. The lowest BCUT2D eigenvalue weighted by molar-refractivity contribution is 0.109. The van der Waals surface area contributed by atoms with Crippen molar-refractivity contribution in [3.8, 4) is 0 Å². The highest BCUT2D eigenvalue weighted by atomic mass is 32.2. The molecule has 1 aliphatic rings. The van der Waals surface area contributed by atoms with E-state index < -0.39 is 0 Å². The second kappa shape index (κ2) is 4.21. The number of aliphatic hydroxyl groups is 1. The molecule has 1 fully saturated rings. The van der Waals surface area contributed by atoms with E-state index in [0.29, 0.717) is 5.92 Å². The quantitative estimate of drug-likeness (QED) is 0.664. The number of thioether (sulfide) groups is 1. The van der Waals surface area contributed by atoms with Gasteiger partial charge < -0.3 is 9.84 Å². The molecule has 0 aromatic carbocycles. The molecule has 0 saturated carbocycles. The summed E-state index contributed by atoms with van der Waals surface area (Å²) in [6.45, 7) is 1.58. The molecular formula is C7H14O2S. The van der Waals surface area contributed by atoms with Gasteiger partial charge in [-0.3, -0.25) is 0 Å². The lowest BCUT2D eigenvalue weighted by Crippen LogP contribution is -2.22. The Balaban J connectivity index is 2.18. The Hall–Kier alpha value is 0.270. The smallest absolute Gasteiger partial charge is 0.0681 e. The molecule has 3 heteroatoms. The summed E-state index contributed by atoms with van der Waals surface area (Å²) in [5.41, 5.74) is 0. The van der Waals surface area contributed by atoms with Gasteiger partial charge in [0.2, 0.25) is 0 Å². The van der Waals surface area contributed by atoms with Gasteiger partial charge in [0.1, 0.15) is 0 Å². The summed E-state index contributed by atoms with van der Waals surface area (Å²) in [5.74, 6) is 1.24. The molecule has 1 aliphatic heterocycles.